The van der Waals surface area contributed by atoms with Crippen LogP contribution in [0.15, 0.2) is 23.1 Å². The molecule has 0 fully saturated rings. The molecule has 3 rings (SSSR count). The lowest BCUT2D eigenvalue weighted by atomic mass is 10.0. The quantitative estimate of drug-likeness (QED) is 0.506. The van der Waals surface area contributed by atoms with Crippen molar-refractivity contribution in [2.75, 3.05) is 0 Å². The molecule has 0 aliphatic carbocycles. The SMILES string of the molecule is [C-]#[N+]c1c(O)c2cc(Cl)c(Cl)nc2n(-c2c(C)ccnc2C(C)C)c1=O. The number of pyridine rings is 3. The molecule has 0 atom stereocenters. The van der Waals surface area contributed by atoms with E-state index in [-0.39, 0.29) is 27.1 Å². The van der Waals surface area contributed by atoms with Crippen molar-refractivity contribution >= 4 is 39.9 Å². The second kappa shape index (κ2) is 6.60. The summed E-state index contributed by atoms with van der Waals surface area (Å²) in [6.45, 7) is 13.0. The largest absolute Gasteiger partial charge is 0.518 e. The van der Waals surface area contributed by atoms with Crippen LogP contribution in [0.3, 0.4) is 0 Å². The molecule has 0 aliphatic heterocycles. The second-order valence-electron chi connectivity index (χ2n) is 6.10. The molecular formula is C18H14Cl2N4O2. The maximum absolute atomic E-state index is 13.0. The normalized spacial score (nSPS) is 11.1. The second-order valence-corrected chi connectivity index (χ2v) is 6.86. The van der Waals surface area contributed by atoms with Crippen molar-refractivity contribution in [1.29, 1.82) is 0 Å². The lowest BCUT2D eigenvalue weighted by Crippen LogP contribution is -2.22. The number of hydrogen-bond donors (Lipinski definition) is 1. The highest BCUT2D eigenvalue weighted by atomic mass is 35.5. The van der Waals surface area contributed by atoms with E-state index in [1.54, 1.807) is 12.3 Å². The van der Waals surface area contributed by atoms with Gasteiger partial charge < -0.3 is 5.11 Å². The minimum atomic E-state index is -0.686. The third-order valence-corrected chi connectivity index (χ3v) is 4.72. The summed E-state index contributed by atoms with van der Waals surface area (Å²) in [7, 11) is 0. The molecule has 0 saturated heterocycles. The van der Waals surface area contributed by atoms with E-state index in [1.165, 1.54) is 10.6 Å². The molecule has 3 aromatic heterocycles. The van der Waals surface area contributed by atoms with Crippen LogP contribution < -0.4 is 5.56 Å². The fourth-order valence-corrected chi connectivity index (χ4v) is 3.11. The summed E-state index contributed by atoms with van der Waals surface area (Å²) in [5.41, 5.74) is 0.995. The number of rotatable bonds is 2. The van der Waals surface area contributed by atoms with E-state index >= 15 is 0 Å². The predicted molar refractivity (Wildman–Crippen MR) is 102 cm³/mol. The molecule has 0 saturated carbocycles. The lowest BCUT2D eigenvalue weighted by Gasteiger charge is -2.19. The van der Waals surface area contributed by atoms with Gasteiger partial charge in [-0.15, -0.1) is 0 Å². The van der Waals surface area contributed by atoms with Gasteiger partial charge in [-0.25, -0.2) is 9.83 Å². The van der Waals surface area contributed by atoms with Crippen molar-refractivity contribution in [2.45, 2.75) is 26.7 Å². The minimum absolute atomic E-state index is 0.00470. The van der Waals surface area contributed by atoms with E-state index in [9.17, 15) is 9.90 Å². The van der Waals surface area contributed by atoms with Crippen LogP contribution in [0.4, 0.5) is 5.69 Å². The van der Waals surface area contributed by atoms with Crippen molar-refractivity contribution in [3.8, 4) is 11.4 Å². The van der Waals surface area contributed by atoms with E-state index in [1.807, 2.05) is 20.8 Å². The zero-order valence-electron chi connectivity index (χ0n) is 14.2. The van der Waals surface area contributed by atoms with Gasteiger partial charge in [0.25, 0.3) is 11.2 Å². The van der Waals surface area contributed by atoms with E-state index in [4.69, 9.17) is 29.8 Å². The molecule has 0 unspecified atom stereocenters. The van der Waals surface area contributed by atoms with Crippen molar-refractivity contribution in [3.05, 3.63) is 61.5 Å². The number of halogens is 2. The van der Waals surface area contributed by atoms with Crippen LogP contribution in [0.2, 0.25) is 10.2 Å². The molecule has 0 radical (unpaired) electrons. The number of aromatic nitrogens is 3. The Morgan fingerprint density at radius 1 is 1.35 bits per heavy atom. The van der Waals surface area contributed by atoms with Gasteiger partial charge in [0, 0.05) is 6.20 Å². The third kappa shape index (κ3) is 2.70. The van der Waals surface area contributed by atoms with Gasteiger partial charge in [0.15, 0.2) is 5.65 Å². The van der Waals surface area contributed by atoms with Crippen LogP contribution >= 0.6 is 23.2 Å². The number of aromatic hydroxyl groups is 1. The first-order valence-corrected chi connectivity index (χ1v) is 8.50. The molecule has 3 aromatic rings. The number of fused-ring (bicyclic) bond motifs is 1. The molecule has 0 bridgehead atoms. The van der Waals surface area contributed by atoms with Crippen LogP contribution in [0.25, 0.3) is 21.6 Å². The molecule has 0 spiro atoms. The standard InChI is InChI=1S/C18H14Cl2N4O2/c1-8(2)12-14(9(3)5-6-22-12)24-17-10(7-11(19)16(20)23-17)15(25)13(21-4)18(24)26/h5-8,25H,1-3H3. The summed E-state index contributed by atoms with van der Waals surface area (Å²) >= 11 is 12.1. The molecule has 132 valence electrons. The Balaban J connectivity index is 2.63. The highest BCUT2D eigenvalue weighted by Gasteiger charge is 2.23. The lowest BCUT2D eigenvalue weighted by molar-refractivity contribution is 0.483. The number of aryl methyl sites for hydroxylation is 1. The molecule has 0 amide bonds. The van der Waals surface area contributed by atoms with Crippen molar-refractivity contribution in [2.24, 2.45) is 0 Å². The Bertz CT molecular complexity index is 1150. The maximum atomic E-state index is 13.0. The molecule has 0 aromatic carbocycles. The van der Waals surface area contributed by atoms with Gasteiger partial charge >= 0.3 is 0 Å². The zero-order valence-corrected chi connectivity index (χ0v) is 15.7. The Morgan fingerprint density at radius 2 is 2.04 bits per heavy atom. The van der Waals surface area contributed by atoms with Gasteiger partial charge in [-0.1, -0.05) is 37.0 Å². The summed E-state index contributed by atoms with van der Waals surface area (Å²) < 4.78 is 1.28. The molecule has 3 heterocycles. The van der Waals surface area contributed by atoms with E-state index in [0.717, 1.165) is 5.56 Å². The molecule has 0 aliphatic rings. The first-order valence-electron chi connectivity index (χ1n) is 7.75. The van der Waals surface area contributed by atoms with Crippen LogP contribution in [-0.2, 0) is 0 Å². The molecular weight excluding hydrogens is 375 g/mol. The van der Waals surface area contributed by atoms with Crippen LogP contribution in [0, 0.1) is 13.5 Å². The predicted octanol–water partition coefficient (Wildman–Crippen LogP) is 4.78. The van der Waals surface area contributed by atoms with Crippen molar-refractivity contribution in [1.82, 2.24) is 14.5 Å². The van der Waals surface area contributed by atoms with Crippen LogP contribution in [-0.4, -0.2) is 19.6 Å². The van der Waals surface area contributed by atoms with Gasteiger partial charge in [-0.05, 0) is 30.5 Å². The smallest absolute Gasteiger partial charge is 0.292 e. The zero-order chi connectivity index (χ0) is 19.2. The third-order valence-electron chi connectivity index (χ3n) is 4.05. The van der Waals surface area contributed by atoms with Gasteiger partial charge in [0.1, 0.15) is 10.9 Å². The van der Waals surface area contributed by atoms with Gasteiger partial charge in [-0.2, -0.15) is 0 Å². The average Bonchev–Trinajstić information content (AvgIpc) is 2.58. The molecule has 1 N–H and O–H groups in total. The Hall–Kier alpha value is -2.62. The highest BCUT2D eigenvalue weighted by molar-refractivity contribution is 6.41. The van der Waals surface area contributed by atoms with Gasteiger partial charge in [0.2, 0.25) is 0 Å². The van der Waals surface area contributed by atoms with Crippen LogP contribution in [0.1, 0.15) is 31.0 Å². The fourth-order valence-electron chi connectivity index (χ4n) is 2.83. The Morgan fingerprint density at radius 3 is 2.65 bits per heavy atom. The molecule has 26 heavy (non-hydrogen) atoms. The Labute approximate surface area is 159 Å². The van der Waals surface area contributed by atoms with E-state index in [2.05, 4.69) is 14.8 Å². The maximum Gasteiger partial charge on any atom is 0.292 e. The van der Waals surface area contributed by atoms with Crippen molar-refractivity contribution in [3.63, 3.8) is 0 Å². The first kappa shape index (κ1) is 18.2. The monoisotopic (exact) mass is 388 g/mol. The summed E-state index contributed by atoms with van der Waals surface area (Å²) in [6.07, 6.45) is 1.66. The number of hydrogen-bond acceptors (Lipinski definition) is 4. The summed E-state index contributed by atoms with van der Waals surface area (Å²) in [5, 5.41) is 10.7. The summed E-state index contributed by atoms with van der Waals surface area (Å²) in [4.78, 5) is 24.8. The first-order chi connectivity index (χ1) is 12.3. The average molecular weight is 389 g/mol. The van der Waals surface area contributed by atoms with Crippen LogP contribution in [0.5, 0.6) is 5.75 Å². The highest BCUT2D eigenvalue weighted by Crippen LogP contribution is 2.36. The van der Waals surface area contributed by atoms with Crippen molar-refractivity contribution < 1.29 is 5.11 Å². The minimum Gasteiger partial charge on any atom is -0.518 e. The van der Waals surface area contributed by atoms with E-state index < -0.39 is 17.0 Å². The topological polar surface area (TPSA) is 72.4 Å². The summed E-state index contributed by atoms with van der Waals surface area (Å²) in [5.74, 6) is -0.449. The number of nitrogens with zero attached hydrogens (tertiary/aromatic N) is 4. The molecule has 6 nitrogen and oxygen atoms in total. The Kier molecular flexibility index (Phi) is 4.61. The van der Waals surface area contributed by atoms with Gasteiger partial charge in [-0.3, -0.25) is 14.3 Å². The fraction of sp³-hybridized carbons (Fsp3) is 0.222. The van der Waals surface area contributed by atoms with E-state index in [0.29, 0.717) is 11.4 Å². The summed E-state index contributed by atoms with van der Waals surface area (Å²) in [6, 6.07) is 3.16. The molecule has 8 heteroatoms. The van der Waals surface area contributed by atoms with Gasteiger partial charge in [0.05, 0.1) is 28.4 Å².